The van der Waals surface area contributed by atoms with Crippen molar-refractivity contribution >= 4 is 0 Å². The van der Waals surface area contributed by atoms with Crippen LogP contribution in [-0.2, 0) is 19.8 Å². The molecule has 0 atom stereocenters. The van der Waals surface area contributed by atoms with Gasteiger partial charge in [-0.3, -0.25) is 0 Å². The summed E-state index contributed by atoms with van der Waals surface area (Å²) in [5.41, 5.74) is 0. The molecule has 0 bridgehead atoms. The normalized spacial score (nSPS) is 8.12. The molecule has 0 aromatic carbocycles. The Hall–Kier alpha value is 0.199. The number of hydrogen-bond acceptors (Lipinski definition) is 4. The zero-order valence-electron chi connectivity index (χ0n) is 4.10. The monoisotopic (exact) mass is 164 g/mol. The van der Waals surface area contributed by atoms with Crippen LogP contribution in [0.25, 0.3) is 0 Å². The van der Waals surface area contributed by atoms with E-state index in [1.54, 1.807) is 0 Å². The van der Waals surface area contributed by atoms with Crippen LogP contribution < -0.4 is 0 Å². The molecule has 5 heteroatoms. The van der Waals surface area contributed by atoms with Gasteiger partial charge in [0.1, 0.15) is 6.10 Å². The second-order valence-electron chi connectivity index (χ2n) is 1.02. The molecule has 0 aromatic rings. The fourth-order valence-corrected chi connectivity index (χ4v) is 0.0577. The molecule has 52 valence electrons. The topological polar surface area (TPSA) is 77.8 Å². The van der Waals surface area contributed by atoms with E-state index in [9.17, 15) is 0 Å². The Labute approximate surface area is 55.2 Å². The first-order chi connectivity index (χ1) is 3.81. The molecular formula is C3H8FeO4. The molecule has 0 amide bonds. The van der Waals surface area contributed by atoms with Gasteiger partial charge in [0, 0.05) is 0 Å². The summed E-state index contributed by atoms with van der Waals surface area (Å²) in [5, 5.41) is 24.0. The van der Waals surface area contributed by atoms with E-state index in [0.29, 0.717) is 0 Å². The van der Waals surface area contributed by atoms with Gasteiger partial charge in [0.25, 0.3) is 0 Å². The summed E-state index contributed by atoms with van der Waals surface area (Å²) in [7, 11) is 0. The van der Waals surface area contributed by atoms with Crippen LogP contribution in [0, 0.1) is 0 Å². The third-order valence-corrected chi connectivity index (χ3v) is 0.421. The van der Waals surface area contributed by atoms with Crippen LogP contribution in [0.2, 0.25) is 0 Å². The molecule has 0 unspecified atom stereocenters. The molecule has 0 saturated carbocycles. The predicted octanol–water partition coefficient (Wildman–Crippen LogP) is -1.79. The average molecular weight is 164 g/mol. The molecule has 8 heavy (non-hydrogen) atoms. The van der Waals surface area contributed by atoms with E-state index in [4.69, 9.17) is 19.2 Å². The Kier molecular flexibility index (Phi) is 14.1. The third-order valence-electron chi connectivity index (χ3n) is 0.421. The number of aliphatic hydroxyl groups is 3. The van der Waals surface area contributed by atoms with Crippen molar-refractivity contribution < 1.29 is 35.1 Å². The summed E-state index contributed by atoms with van der Waals surface area (Å²) in [5.74, 6) is 0. The Bertz CT molecular complexity index is 38.3. The van der Waals surface area contributed by atoms with E-state index in [1.165, 1.54) is 0 Å². The molecule has 3 N–H and O–H groups in total. The van der Waals surface area contributed by atoms with Gasteiger partial charge in [-0.1, -0.05) is 0 Å². The molecule has 0 radical (unpaired) electrons. The maximum absolute atomic E-state index is 8.17. The van der Waals surface area contributed by atoms with Crippen LogP contribution in [-0.4, -0.2) is 34.6 Å². The van der Waals surface area contributed by atoms with Crippen molar-refractivity contribution in [2.75, 3.05) is 13.2 Å². The van der Waals surface area contributed by atoms with Crippen molar-refractivity contribution in [3.63, 3.8) is 0 Å². The van der Waals surface area contributed by atoms with Gasteiger partial charge < -0.3 is 15.3 Å². The summed E-state index contributed by atoms with van der Waals surface area (Å²) >= 11 is 2.00. The minimum absolute atomic E-state index is 0.365. The van der Waals surface area contributed by atoms with E-state index in [0.717, 1.165) is 0 Å². The van der Waals surface area contributed by atoms with Gasteiger partial charge in [-0.2, -0.15) is 0 Å². The van der Waals surface area contributed by atoms with Gasteiger partial charge in [-0.15, -0.1) is 0 Å². The van der Waals surface area contributed by atoms with Crippen LogP contribution in [0.3, 0.4) is 0 Å². The standard InChI is InChI=1S/C3H8O3.Fe.O/c4-1-3(6)2-5;;/h3-6H,1-2H2;;. The molecule has 0 spiro atoms. The molecule has 4 nitrogen and oxygen atoms in total. The molecule has 0 fully saturated rings. The van der Waals surface area contributed by atoms with Crippen LogP contribution >= 0.6 is 0 Å². The minimum atomic E-state index is -0.954. The quantitative estimate of drug-likeness (QED) is 0.421. The SMILES string of the molecule is OCC(O)CO.[O]=[Fe]. The molecule has 0 rings (SSSR count). The van der Waals surface area contributed by atoms with Crippen LogP contribution in [0.1, 0.15) is 0 Å². The van der Waals surface area contributed by atoms with Crippen molar-refractivity contribution in [3.05, 3.63) is 0 Å². The van der Waals surface area contributed by atoms with Crippen molar-refractivity contribution in [3.8, 4) is 0 Å². The van der Waals surface area contributed by atoms with Crippen molar-refractivity contribution in [1.82, 2.24) is 0 Å². The Morgan fingerprint density at radius 1 is 1.25 bits per heavy atom. The second kappa shape index (κ2) is 10.2. The fourth-order valence-electron chi connectivity index (χ4n) is 0.0577. The van der Waals surface area contributed by atoms with Gasteiger partial charge in [0.15, 0.2) is 0 Å². The molecule has 0 saturated heterocycles. The van der Waals surface area contributed by atoms with E-state index >= 15 is 0 Å². The number of hydrogen-bond donors (Lipinski definition) is 3. The molecule has 0 aliphatic rings. The maximum atomic E-state index is 8.17. The third kappa shape index (κ3) is 9.50. The molecule has 0 aromatic heterocycles. The predicted molar refractivity (Wildman–Crippen MR) is 20.9 cm³/mol. The Balaban J connectivity index is 0. The number of aliphatic hydroxyl groups excluding tert-OH is 3. The first kappa shape index (κ1) is 11.1. The molecular weight excluding hydrogens is 156 g/mol. The van der Waals surface area contributed by atoms with E-state index in [1.807, 2.05) is 15.9 Å². The molecule has 0 aliphatic heterocycles. The number of rotatable bonds is 2. The molecule has 0 aliphatic carbocycles. The molecule has 0 heterocycles. The summed E-state index contributed by atoms with van der Waals surface area (Å²) in [4.78, 5) is 0. The van der Waals surface area contributed by atoms with Crippen molar-refractivity contribution in [1.29, 1.82) is 0 Å². The van der Waals surface area contributed by atoms with Crippen molar-refractivity contribution in [2.45, 2.75) is 6.10 Å². The van der Waals surface area contributed by atoms with Gasteiger partial charge >= 0.3 is 19.8 Å². The van der Waals surface area contributed by atoms with Gasteiger partial charge in [-0.05, 0) is 0 Å². The first-order valence-electron chi connectivity index (χ1n) is 1.85. The van der Waals surface area contributed by atoms with E-state index in [2.05, 4.69) is 0 Å². The first-order valence-corrected chi connectivity index (χ1v) is 2.30. The zero-order chi connectivity index (χ0) is 6.99. The summed E-state index contributed by atoms with van der Waals surface area (Å²) in [6.45, 7) is -0.729. The summed E-state index contributed by atoms with van der Waals surface area (Å²) in [6, 6.07) is 0. The van der Waals surface area contributed by atoms with Gasteiger partial charge in [0.2, 0.25) is 0 Å². The second-order valence-corrected chi connectivity index (χ2v) is 1.02. The Morgan fingerprint density at radius 2 is 1.50 bits per heavy atom. The average Bonchev–Trinajstić information content (AvgIpc) is 1.91. The van der Waals surface area contributed by atoms with Gasteiger partial charge in [0.05, 0.1) is 13.2 Å². The fraction of sp³-hybridized carbons (Fsp3) is 1.00. The Morgan fingerprint density at radius 3 is 1.50 bits per heavy atom. The zero-order valence-corrected chi connectivity index (χ0v) is 5.20. The van der Waals surface area contributed by atoms with Crippen molar-refractivity contribution in [2.24, 2.45) is 0 Å². The van der Waals surface area contributed by atoms with E-state index < -0.39 is 6.10 Å². The van der Waals surface area contributed by atoms with E-state index in [-0.39, 0.29) is 13.2 Å². The summed E-state index contributed by atoms with van der Waals surface area (Å²) in [6.07, 6.45) is -0.954. The van der Waals surface area contributed by atoms with Crippen LogP contribution in [0.15, 0.2) is 0 Å². The van der Waals surface area contributed by atoms with Crippen LogP contribution in [0.4, 0.5) is 0 Å². The summed E-state index contributed by atoms with van der Waals surface area (Å²) < 4.78 is 8.00. The van der Waals surface area contributed by atoms with Gasteiger partial charge in [-0.25, -0.2) is 0 Å². The van der Waals surface area contributed by atoms with Crippen LogP contribution in [0.5, 0.6) is 0 Å².